The molecule has 1 aliphatic carbocycles. The molecule has 0 aliphatic heterocycles. The first-order chi connectivity index (χ1) is 17.9. The van der Waals surface area contributed by atoms with Crippen molar-refractivity contribution in [2.45, 2.75) is 44.3 Å². The van der Waals surface area contributed by atoms with Gasteiger partial charge in [0.05, 0.1) is 21.7 Å². The number of hydrogen-bond acceptors (Lipinski definition) is 7. The smallest absolute Gasteiger partial charge is 0.407 e. The van der Waals surface area contributed by atoms with Crippen molar-refractivity contribution in [1.29, 1.82) is 0 Å². The summed E-state index contributed by atoms with van der Waals surface area (Å²) in [5.74, 6) is 0.398. The molecule has 3 N–H and O–H groups in total. The number of anilines is 1. The third-order valence-corrected chi connectivity index (χ3v) is 6.88. The molecule has 2 aromatic carbocycles. The van der Waals surface area contributed by atoms with Crippen LogP contribution in [0.3, 0.4) is 0 Å². The highest BCUT2D eigenvalue weighted by Gasteiger charge is 2.30. The quantitative estimate of drug-likeness (QED) is 0.213. The van der Waals surface area contributed by atoms with Gasteiger partial charge < -0.3 is 15.3 Å². The molecule has 5 rings (SSSR count). The number of nitrogens with zero attached hydrogens (tertiary/aromatic N) is 5. The number of halogens is 1. The maximum Gasteiger partial charge on any atom is 0.407 e. The Kier molecular flexibility index (Phi) is 6.87. The van der Waals surface area contributed by atoms with E-state index in [-0.39, 0.29) is 24.3 Å². The van der Waals surface area contributed by atoms with Gasteiger partial charge in [-0.2, -0.15) is 5.10 Å². The fourth-order valence-electron chi connectivity index (χ4n) is 4.78. The Morgan fingerprint density at radius 2 is 1.97 bits per heavy atom. The fraction of sp³-hybridized carbons (Fsp3) is 0.280. The molecule has 2 heterocycles. The highest BCUT2D eigenvalue weighted by atomic mass is 35.5. The lowest BCUT2D eigenvalue weighted by molar-refractivity contribution is -0.384. The van der Waals surface area contributed by atoms with Gasteiger partial charge >= 0.3 is 6.09 Å². The van der Waals surface area contributed by atoms with Crippen LogP contribution >= 0.6 is 11.6 Å². The molecule has 11 nitrogen and oxygen atoms in total. The highest BCUT2D eigenvalue weighted by Crippen LogP contribution is 2.32. The minimum atomic E-state index is -1.03. The van der Waals surface area contributed by atoms with Crippen molar-refractivity contribution in [1.82, 2.24) is 25.1 Å². The number of benzene rings is 2. The van der Waals surface area contributed by atoms with Crippen LogP contribution in [-0.4, -0.2) is 53.3 Å². The molecule has 2 aromatic heterocycles. The van der Waals surface area contributed by atoms with E-state index in [1.807, 2.05) is 24.3 Å². The normalized spacial score (nSPS) is 17.4. The summed E-state index contributed by atoms with van der Waals surface area (Å²) in [6.45, 7) is 0.151. The number of fused-ring (bicyclic) bond motifs is 1. The van der Waals surface area contributed by atoms with Crippen molar-refractivity contribution in [3.63, 3.8) is 0 Å². The zero-order valence-electron chi connectivity index (χ0n) is 19.7. The van der Waals surface area contributed by atoms with Gasteiger partial charge in [0, 0.05) is 36.1 Å². The van der Waals surface area contributed by atoms with E-state index in [0.717, 1.165) is 30.2 Å². The minimum absolute atomic E-state index is 0.0299. The number of nitrogens with one attached hydrogen (secondary N) is 2. The van der Waals surface area contributed by atoms with Gasteiger partial charge in [-0.05, 0) is 37.3 Å². The molecule has 190 valence electrons. The van der Waals surface area contributed by atoms with Crippen LogP contribution in [0.4, 0.5) is 16.4 Å². The van der Waals surface area contributed by atoms with Crippen molar-refractivity contribution in [2.75, 3.05) is 5.32 Å². The molecule has 4 aromatic rings. The lowest BCUT2D eigenvalue weighted by atomic mass is 9.90. The van der Waals surface area contributed by atoms with Crippen molar-refractivity contribution >= 4 is 40.2 Å². The van der Waals surface area contributed by atoms with E-state index >= 15 is 0 Å². The largest absolute Gasteiger partial charge is 0.465 e. The van der Waals surface area contributed by atoms with E-state index in [1.54, 1.807) is 12.1 Å². The minimum Gasteiger partial charge on any atom is -0.465 e. The molecular formula is C25H24ClN7O4. The molecule has 1 amide bonds. The second-order valence-corrected chi connectivity index (χ2v) is 9.41. The summed E-state index contributed by atoms with van der Waals surface area (Å²) < 4.78 is 0. The topological polar surface area (TPSA) is 150 Å². The van der Waals surface area contributed by atoms with Gasteiger partial charge in [0.25, 0.3) is 5.69 Å². The molecule has 0 radical (unpaired) electrons. The SMILES string of the molecule is O=C(O)N(Cc1ccc([N+](=O)[O-])cc1)[C@H]1CCC[C@@H](Nc2ncc(Cl)c(-c3n[nH]c4ccccc34)n2)C1. The second kappa shape index (κ2) is 10.4. The van der Waals surface area contributed by atoms with E-state index in [4.69, 9.17) is 11.6 Å². The average molecular weight is 522 g/mol. The van der Waals surface area contributed by atoms with Crippen molar-refractivity contribution in [3.8, 4) is 11.4 Å². The molecule has 1 saturated carbocycles. The third kappa shape index (κ3) is 5.31. The Balaban J connectivity index is 1.31. The van der Waals surface area contributed by atoms with Gasteiger partial charge in [-0.15, -0.1) is 0 Å². The van der Waals surface area contributed by atoms with Crippen LogP contribution in [0.25, 0.3) is 22.3 Å². The van der Waals surface area contributed by atoms with Crippen LogP contribution in [0.1, 0.15) is 31.2 Å². The summed E-state index contributed by atoms with van der Waals surface area (Å²) in [4.78, 5) is 32.9. The van der Waals surface area contributed by atoms with Gasteiger partial charge in [-0.1, -0.05) is 41.9 Å². The Labute approximate surface area is 216 Å². The molecule has 37 heavy (non-hydrogen) atoms. The molecule has 0 saturated heterocycles. The van der Waals surface area contributed by atoms with Crippen molar-refractivity contribution in [2.24, 2.45) is 0 Å². The van der Waals surface area contributed by atoms with E-state index < -0.39 is 11.0 Å². The predicted molar refractivity (Wildman–Crippen MR) is 138 cm³/mol. The number of amides is 1. The second-order valence-electron chi connectivity index (χ2n) is 9.00. The number of H-pyrrole nitrogens is 1. The lowest BCUT2D eigenvalue weighted by Crippen LogP contribution is -2.44. The number of non-ortho nitro benzene ring substituents is 1. The Morgan fingerprint density at radius 1 is 1.19 bits per heavy atom. The average Bonchev–Trinajstić information content (AvgIpc) is 3.33. The molecular weight excluding hydrogens is 498 g/mol. The molecule has 2 atom stereocenters. The van der Waals surface area contributed by atoms with Crippen LogP contribution in [0.5, 0.6) is 0 Å². The number of aromatic amines is 1. The van der Waals surface area contributed by atoms with Crippen LogP contribution in [-0.2, 0) is 6.54 Å². The predicted octanol–water partition coefficient (Wildman–Crippen LogP) is 5.48. The maximum atomic E-state index is 12.1. The fourth-order valence-corrected chi connectivity index (χ4v) is 4.96. The zero-order valence-corrected chi connectivity index (χ0v) is 20.4. The zero-order chi connectivity index (χ0) is 25.9. The van der Waals surface area contributed by atoms with E-state index in [1.165, 1.54) is 23.2 Å². The number of carboxylic acid groups (broad SMARTS) is 1. The summed E-state index contributed by atoms with van der Waals surface area (Å²) in [7, 11) is 0. The molecule has 12 heteroatoms. The Morgan fingerprint density at radius 3 is 2.73 bits per heavy atom. The number of aromatic nitrogens is 4. The van der Waals surface area contributed by atoms with E-state index in [2.05, 4.69) is 25.5 Å². The van der Waals surface area contributed by atoms with Crippen molar-refractivity contribution < 1.29 is 14.8 Å². The number of hydrogen-bond donors (Lipinski definition) is 3. The summed E-state index contributed by atoms with van der Waals surface area (Å²) in [5, 5.41) is 32.8. The molecule has 0 unspecified atom stereocenters. The number of rotatable bonds is 7. The maximum absolute atomic E-state index is 12.1. The monoisotopic (exact) mass is 521 g/mol. The summed E-state index contributed by atoms with van der Waals surface area (Å²) >= 11 is 6.42. The number of carbonyl (C=O) groups is 1. The first kappa shape index (κ1) is 24.4. The van der Waals surface area contributed by atoms with Gasteiger partial charge in [0.2, 0.25) is 5.95 Å². The Hall–Kier alpha value is -4.25. The molecule has 1 aliphatic rings. The first-order valence-corrected chi connectivity index (χ1v) is 12.2. The van der Waals surface area contributed by atoms with E-state index in [9.17, 15) is 20.0 Å². The van der Waals surface area contributed by atoms with Crippen LogP contribution in [0.2, 0.25) is 5.02 Å². The van der Waals surface area contributed by atoms with Gasteiger partial charge in [-0.3, -0.25) is 15.2 Å². The van der Waals surface area contributed by atoms with Crippen molar-refractivity contribution in [3.05, 3.63) is 75.4 Å². The van der Waals surface area contributed by atoms with Gasteiger partial charge in [0.15, 0.2) is 0 Å². The standard InChI is InChI=1S/C25H24ClN7O4/c26-20-13-27-24(29-23(20)22-19-6-1-2-7-21(19)30-31-22)28-16-4-3-5-18(12-16)32(25(34)35)14-15-8-10-17(11-9-15)33(36)37/h1-2,6-11,13,16,18H,3-5,12,14H2,(H,30,31)(H,34,35)(H,27,28,29)/t16-,18+/m1/s1. The highest BCUT2D eigenvalue weighted by molar-refractivity contribution is 6.33. The lowest BCUT2D eigenvalue weighted by Gasteiger charge is -2.36. The molecule has 0 spiro atoms. The van der Waals surface area contributed by atoms with Gasteiger partial charge in [0.1, 0.15) is 11.4 Å². The van der Waals surface area contributed by atoms with Crippen LogP contribution in [0, 0.1) is 10.1 Å². The number of nitro groups is 1. The summed E-state index contributed by atoms with van der Waals surface area (Å²) in [6, 6.07) is 13.4. The van der Waals surface area contributed by atoms with E-state index in [0.29, 0.717) is 34.3 Å². The van der Waals surface area contributed by atoms with Crippen LogP contribution < -0.4 is 5.32 Å². The Bertz CT molecular complexity index is 1440. The first-order valence-electron chi connectivity index (χ1n) is 11.8. The number of nitro benzene ring substituents is 1. The van der Waals surface area contributed by atoms with Gasteiger partial charge in [-0.25, -0.2) is 14.8 Å². The molecule has 0 bridgehead atoms. The molecule has 1 fully saturated rings. The van der Waals surface area contributed by atoms with Crippen LogP contribution in [0.15, 0.2) is 54.7 Å². The summed E-state index contributed by atoms with van der Waals surface area (Å²) in [6.07, 6.45) is 3.48. The third-order valence-electron chi connectivity index (χ3n) is 6.61. The summed E-state index contributed by atoms with van der Waals surface area (Å²) in [5.41, 5.74) is 2.68. The number of para-hydroxylation sites is 1.